The molecule has 1 aliphatic heterocycles. The smallest absolute Gasteiger partial charge is 0.272 e. The summed E-state index contributed by atoms with van der Waals surface area (Å²) < 4.78 is 30.3. The molecule has 3 aromatic rings. The highest BCUT2D eigenvalue weighted by molar-refractivity contribution is 7.94. The SMILES string of the molecule is Cc1nc(C(=O)NC(C)c2ccccc2NS(=O)(=O)c2cccs2)c2n1CCCC2. The molecule has 1 aromatic carbocycles. The van der Waals surface area contributed by atoms with Gasteiger partial charge in [-0.25, -0.2) is 13.4 Å². The molecule has 0 radical (unpaired) electrons. The van der Waals surface area contributed by atoms with Crippen molar-refractivity contribution in [2.75, 3.05) is 4.72 Å². The molecule has 0 saturated heterocycles. The molecule has 3 heterocycles. The van der Waals surface area contributed by atoms with E-state index in [1.807, 2.05) is 26.0 Å². The standard InChI is InChI=1S/C21H24N4O3S2/c1-14(22-21(26)20-18-10-5-6-12-25(18)15(2)23-20)16-8-3-4-9-17(16)24-30(27,28)19-11-7-13-29-19/h3-4,7-9,11,13-14,24H,5-6,10,12H2,1-2H3,(H,22,26). The van der Waals surface area contributed by atoms with Crippen LogP contribution in [0.25, 0.3) is 0 Å². The Kier molecular flexibility index (Phi) is 5.66. The van der Waals surface area contributed by atoms with Gasteiger partial charge in [0.15, 0.2) is 0 Å². The van der Waals surface area contributed by atoms with Gasteiger partial charge >= 0.3 is 0 Å². The fraction of sp³-hybridized carbons (Fsp3) is 0.333. The van der Waals surface area contributed by atoms with Crippen molar-refractivity contribution in [2.24, 2.45) is 0 Å². The Balaban J connectivity index is 1.56. The van der Waals surface area contributed by atoms with E-state index in [4.69, 9.17) is 0 Å². The van der Waals surface area contributed by atoms with Gasteiger partial charge < -0.3 is 9.88 Å². The van der Waals surface area contributed by atoms with E-state index in [0.717, 1.165) is 48.7 Å². The van der Waals surface area contributed by atoms with Crippen molar-refractivity contribution >= 4 is 33.0 Å². The van der Waals surface area contributed by atoms with Crippen LogP contribution in [0.5, 0.6) is 0 Å². The summed E-state index contributed by atoms with van der Waals surface area (Å²) in [6.07, 6.45) is 2.99. The summed E-state index contributed by atoms with van der Waals surface area (Å²) in [6, 6.07) is 9.95. The molecule has 0 saturated carbocycles. The van der Waals surface area contributed by atoms with Crippen molar-refractivity contribution in [3.05, 3.63) is 64.6 Å². The number of fused-ring (bicyclic) bond motifs is 1. The molecule has 1 unspecified atom stereocenters. The summed E-state index contributed by atoms with van der Waals surface area (Å²) in [5, 5.41) is 4.71. The van der Waals surface area contributed by atoms with Crippen molar-refractivity contribution in [3.8, 4) is 0 Å². The number of carbonyl (C=O) groups excluding carboxylic acids is 1. The molecule has 0 aliphatic carbocycles. The molecule has 2 N–H and O–H groups in total. The maximum absolute atomic E-state index is 13.0. The van der Waals surface area contributed by atoms with Crippen molar-refractivity contribution in [3.63, 3.8) is 0 Å². The van der Waals surface area contributed by atoms with Gasteiger partial charge in [-0.05, 0) is 56.2 Å². The highest BCUT2D eigenvalue weighted by Gasteiger charge is 2.25. The van der Waals surface area contributed by atoms with Crippen LogP contribution in [0, 0.1) is 6.92 Å². The highest BCUT2D eigenvalue weighted by Crippen LogP contribution is 2.27. The fourth-order valence-corrected chi connectivity index (χ4v) is 5.91. The molecule has 0 bridgehead atoms. The number of imidazole rings is 1. The second kappa shape index (κ2) is 8.23. The van der Waals surface area contributed by atoms with Crippen LogP contribution in [0.4, 0.5) is 5.69 Å². The molecule has 9 heteroatoms. The Morgan fingerprint density at radius 2 is 2.00 bits per heavy atom. The summed E-state index contributed by atoms with van der Waals surface area (Å²) in [6.45, 7) is 4.65. The number of benzene rings is 1. The number of para-hydroxylation sites is 1. The molecule has 2 aromatic heterocycles. The van der Waals surface area contributed by atoms with Gasteiger partial charge in [0, 0.05) is 6.54 Å². The van der Waals surface area contributed by atoms with Gasteiger partial charge in [0.05, 0.1) is 17.4 Å². The van der Waals surface area contributed by atoms with E-state index in [1.54, 1.807) is 29.6 Å². The number of thiophene rings is 1. The predicted octanol–water partition coefficient (Wildman–Crippen LogP) is 3.88. The van der Waals surface area contributed by atoms with Gasteiger partial charge in [0.1, 0.15) is 15.7 Å². The van der Waals surface area contributed by atoms with E-state index >= 15 is 0 Å². The van der Waals surface area contributed by atoms with E-state index < -0.39 is 16.1 Å². The molecule has 30 heavy (non-hydrogen) atoms. The minimum atomic E-state index is -3.68. The van der Waals surface area contributed by atoms with Crippen molar-refractivity contribution < 1.29 is 13.2 Å². The minimum absolute atomic E-state index is 0.239. The number of hydrogen-bond donors (Lipinski definition) is 2. The number of aryl methyl sites for hydroxylation is 1. The molecule has 158 valence electrons. The maximum atomic E-state index is 13.0. The number of anilines is 1. The highest BCUT2D eigenvalue weighted by atomic mass is 32.2. The van der Waals surface area contributed by atoms with E-state index in [-0.39, 0.29) is 10.1 Å². The van der Waals surface area contributed by atoms with Crippen LogP contribution in [0.1, 0.15) is 53.4 Å². The van der Waals surface area contributed by atoms with Crippen LogP contribution in [0.15, 0.2) is 46.0 Å². The van der Waals surface area contributed by atoms with Crippen molar-refractivity contribution in [1.82, 2.24) is 14.9 Å². The van der Waals surface area contributed by atoms with Crippen LogP contribution < -0.4 is 10.0 Å². The third kappa shape index (κ3) is 3.99. The molecule has 1 aliphatic rings. The van der Waals surface area contributed by atoms with Crippen LogP contribution >= 0.6 is 11.3 Å². The first-order valence-corrected chi connectivity index (χ1v) is 12.2. The first-order chi connectivity index (χ1) is 14.4. The van der Waals surface area contributed by atoms with E-state index in [9.17, 15) is 13.2 Å². The zero-order valence-corrected chi connectivity index (χ0v) is 18.5. The topological polar surface area (TPSA) is 93.1 Å². The zero-order valence-electron chi connectivity index (χ0n) is 16.9. The number of amides is 1. The van der Waals surface area contributed by atoms with Crippen LogP contribution in [0.2, 0.25) is 0 Å². The Labute approximate surface area is 180 Å². The summed E-state index contributed by atoms with van der Waals surface area (Å²) in [5.41, 5.74) is 2.59. The largest absolute Gasteiger partial charge is 0.344 e. The molecule has 4 rings (SSSR count). The molecule has 0 fully saturated rings. The normalized spacial score (nSPS) is 14.7. The van der Waals surface area contributed by atoms with Crippen LogP contribution in [-0.2, 0) is 23.0 Å². The summed E-state index contributed by atoms with van der Waals surface area (Å²) >= 11 is 1.16. The first-order valence-electron chi connectivity index (χ1n) is 9.89. The lowest BCUT2D eigenvalue weighted by atomic mass is 10.1. The van der Waals surface area contributed by atoms with Gasteiger partial charge in [0.2, 0.25) is 0 Å². The van der Waals surface area contributed by atoms with Crippen molar-refractivity contribution in [2.45, 2.75) is 49.9 Å². The van der Waals surface area contributed by atoms with Gasteiger partial charge in [-0.3, -0.25) is 9.52 Å². The minimum Gasteiger partial charge on any atom is -0.344 e. The van der Waals surface area contributed by atoms with Crippen LogP contribution in [-0.4, -0.2) is 23.9 Å². The Hall–Kier alpha value is -2.65. The second-order valence-corrected chi connectivity index (χ2v) is 10.2. The summed E-state index contributed by atoms with van der Waals surface area (Å²) in [5.74, 6) is 0.615. The quantitative estimate of drug-likeness (QED) is 0.603. The van der Waals surface area contributed by atoms with Crippen LogP contribution in [0.3, 0.4) is 0 Å². The van der Waals surface area contributed by atoms with Gasteiger partial charge in [-0.2, -0.15) is 0 Å². The predicted molar refractivity (Wildman–Crippen MR) is 117 cm³/mol. The number of rotatable bonds is 6. The number of sulfonamides is 1. The Bertz CT molecular complexity index is 1170. The Morgan fingerprint density at radius 1 is 1.20 bits per heavy atom. The summed E-state index contributed by atoms with van der Waals surface area (Å²) in [7, 11) is -3.68. The zero-order chi connectivity index (χ0) is 21.3. The van der Waals surface area contributed by atoms with Gasteiger partial charge in [0.25, 0.3) is 15.9 Å². The second-order valence-electron chi connectivity index (χ2n) is 7.38. The van der Waals surface area contributed by atoms with E-state index in [0.29, 0.717) is 16.9 Å². The molecule has 1 amide bonds. The lowest BCUT2D eigenvalue weighted by Gasteiger charge is -2.19. The number of nitrogens with zero attached hydrogens (tertiary/aromatic N) is 2. The maximum Gasteiger partial charge on any atom is 0.272 e. The third-order valence-corrected chi connectivity index (χ3v) is 8.07. The molecule has 7 nitrogen and oxygen atoms in total. The number of carbonyl (C=O) groups is 1. The average Bonchev–Trinajstić information content (AvgIpc) is 3.38. The molecular weight excluding hydrogens is 420 g/mol. The van der Waals surface area contributed by atoms with Gasteiger partial charge in [-0.15, -0.1) is 11.3 Å². The molecule has 1 atom stereocenters. The van der Waals surface area contributed by atoms with Gasteiger partial charge in [-0.1, -0.05) is 24.3 Å². The summed E-state index contributed by atoms with van der Waals surface area (Å²) in [4.78, 5) is 17.5. The number of nitrogens with one attached hydrogen (secondary N) is 2. The Morgan fingerprint density at radius 3 is 2.77 bits per heavy atom. The van der Waals surface area contributed by atoms with E-state index in [2.05, 4.69) is 19.6 Å². The molecular formula is C21H24N4O3S2. The third-order valence-electron chi connectivity index (χ3n) is 5.30. The molecule has 0 spiro atoms. The fourth-order valence-electron chi connectivity index (χ4n) is 3.83. The van der Waals surface area contributed by atoms with Crippen molar-refractivity contribution in [1.29, 1.82) is 0 Å². The average molecular weight is 445 g/mol. The number of hydrogen-bond acceptors (Lipinski definition) is 5. The monoisotopic (exact) mass is 444 g/mol. The first kappa shape index (κ1) is 20.6. The van der Waals surface area contributed by atoms with E-state index in [1.165, 1.54) is 0 Å². The number of aromatic nitrogens is 2. The lowest BCUT2D eigenvalue weighted by Crippen LogP contribution is -2.29. The lowest BCUT2D eigenvalue weighted by molar-refractivity contribution is 0.0934.